The second kappa shape index (κ2) is 9.32. The zero-order chi connectivity index (χ0) is 21.1. The maximum absolute atomic E-state index is 13.6. The van der Waals surface area contributed by atoms with Crippen molar-refractivity contribution >= 4 is 39.3 Å². The lowest BCUT2D eigenvalue weighted by atomic mass is 10.1. The number of likely N-dealkylation sites (N-methyl/N-ethyl adjacent to an activating group) is 1. The number of carbonyl (C=O) groups excluding carboxylic acids is 1. The van der Waals surface area contributed by atoms with E-state index in [9.17, 15) is 9.59 Å². The molecule has 0 unspecified atom stereocenters. The summed E-state index contributed by atoms with van der Waals surface area (Å²) in [6.45, 7) is 1.83. The smallest absolute Gasteiger partial charge is 0.305 e. The van der Waals surface area contributed by atoms with Crippen molar-refractivity contribution in [3.8, 4) is 5.69 Å². The molecule has 30 heavy (non-hydrogen) atoms. The van der Waals surface area contributed by atoms with Gasteiger partial charge in [0, 0.05) is 30.1 Å². The van der Waals surface area contributed by atoms with Gasteiger partial charge in [-0.3, -0.25) is 14.2 Å². The summed E-state index contributed by atoms with van der Waals surface area (Å²) in [5.41, 5.74) is 2.03. The molecule has 158 valence electrons. The number of hydrogen-bond donors (Lipinski definition) is 0. The number of methoxy groups -OCH3 is 1. The Kier molecular flexibility index (Phi) is 6.55. The highest BCUT2D eigenvalue weighted by atomic mass is 32.2. The van der Waals surface area contributed by atoms with Gasteiger partial charge in [0.05, 0.1) is 18.2 Å². The van der Waals surface area contributed by atoms with Gasteiger partial charge < -0.3 is 9.64 Å². The van der Waals surface area contributed by atoms with E-state index in [1.165, 1.54) is 17.6 Å². The second-order valence-electron chi connectivity index (χ2n) is 7.42. The molecule has 0 saturated carbocycles. The van der Waals surface area contributed by atoms with Crippen LogP contribution in [0.2, 0.25) is 0 Å². The number of carbonyl (C=O) groups is 1. The van der Waals surface area contributed by atoms with Gasteiger partial charge in [-0.25, -0.2) is 4.98 Å². The Morgan fingerprint density at radius 2 is 2.07 bits per heavy atom. The van der Waals surface area contributed by atoms with Crippen LogP contribution in [0, 0.1) is 0 Å². The third-order valence-corrected chi connectivity index (χ3v) is 7.42. The average molecular weight is 444 g/mol. The molecule has 0 atom stereocenters. The molecule has 0 radical (unpaired) electrons. The lowest BCUT2D eigenvalue weighted by Crippen LogP contribution is -2.27. The molecule has 2 aromatic heterocycles. The predicted octanol–water partition coefficient (Wildman–Crippen LogP) is 3.87. The Morgan fingerprint density at radius 1 is 1.27 bits per heavy atom. The van der Waals surface area contributed by atoms with Crippen LogP contribution in [0.3, 0.4) is 0 Å². The second-order valence-corrected chi connectivity index (χ2v) is 9.57. The molecule has 0 fully saturated rings. The summed E-state index contributed by atoms with van der Waals surface area (Å²) in [7, 11) is 3.52. The van der Waals surface area contributed by atoms with E-state index in [4.69, 9.17) is 9.72 Å². The quantitative estimate of drug-likeness (QED) is 0.239. The fourth-order valence-electron chi connectivity index (χ4n) is 3.69. The molecular weight excluding hydrogens is 418 g/mol. The van der Waals surface area contributed by atoms with Crippen LogP contribution in [0.15, 0.2) is 40.3 Å². The van der Waals surface area contributed by atoms with E-state index in [1.54, 1.807) is 27.7 Å². The van der Waals surface area contributed by atoms with Gasteiger partial charge in [-0.1, -0.05) is 30.0 Å². The van der Waals surface area contributed by atoms with Crippen molar-refractivity contribution in [2.24, 2.45) is 0 Å². The molecule has 0 N–H and O–H groups in total. The number of para-hydroxylation sites is 1. The molecule has 1 aromatic carbocycles. The van der Waals surface area contributed by atoms with E-state index in [1.807, 2.05) is 30.3 Å². The van der Waals surface area contributed by atoms with Crippen LogP contribution < -0.4 is 5.56 Å². The van der Waals surface area contributed by atoms with Crippen LogP contribution in [0.25, 0.3) is 15.9 Å². The monoisotopic (exact) mass is 443 g/mol. The van der Waals surface area contributed by atoms with Gasteiger partial charge in [-0.2, -0.15) is 0 Å². The summed E-state index contributed by atoms with van der Waals surface area (Å²) in [5, 5.41) is 1.49. The number of thiophene rings is 1. The van der Waals surface area contributed by atoms with Crippen LogP contribution in [0.5, 0.6) is 0 Å². The van der Waals surface area contributed by atoms with Crippen molar-refractivity contribution in [2.75, 3.05) is 26.5 Å². The predicted molar refractivity (Wildman–Crippen MR) is 122 cm³/mol. The highest BCUT2D eigenvalue weighted by Gasteiger charge is 2.24. The van der Waals surface area contributed by atoms with E-state index >= 15 is 0 Å². The lowest BCUT2D eigenvalue weighted by molar-refractivity contribution is -0.140. The number of unbranched alkanes of at least 4 members (excludes halogenated alkanes) is 1. The Hall–Kier alpha value is -2.16. The molecule has 4 rings (SSSR count). The first kappa shape index (κ1) is 21.1. The van der Waals surface area contributed by atoms with Crippen LogP contribution in [0.1, 0.15) is 29.7 Å². The van der Waals surface area contributed by atoms with Crippen LogP contribution in [-0.2, 0) is 22.5 Å². The van der Waals surface area contributed by atoms with Crippen molar-refractivity contribution in [1.82, 2.24) is 14.5 Å². The molecule has 0 aliphatic carbocycles. The van der Waals surface area contributed by atoms with Crippen molar-refractivity contribution in [3.05, 3.63) is 51.1 Å². The number of ether oxygens (including phenoxy) is 1. The number of aromatic nitrogens is 2. The molecular formula is C22H25N3O3S2. The Morgan fingerprint density at radius 3 is 2.83 bits per heavy atom. The molecule has 0 spiro atoms. The molecule has 3 heterocycles. The maximum Gasteiger partial charge on any atom is 0.305 e. The zero-order valence-corrected chi connectivity index (χ0v) is 18.9. The van der Waals surface area contributed by atoms with Gasteiger partial charge in [0.2, 0.25) is 0 Å². The van der Waals surface area contributed by atoms with Crippen LogP contribution in [0.4, 0.5) is 0 Å². The van der Waals surface area contributed by atoms with E-state index in [0.717, 1.165) is 54.0 Å². The van der Waals surface area contributed by atoms with Gasteiger partial charge in [0.1, 0.15) is 4.83 Å². The fraction of sp³-hybridized carbons (Fsp3) is 0.409. The summed E-state index contributed by atoms with van der Waals surface area (Å²) in [6, 6.07) is 9.72. The first-order valence-electron chi connectivity index (χ1n) is 10.1. The fourth-order valence-corrected chi connectivity index (χ4v) is 6.04. The molecule has 1 aliphatic heterocycles. The summed E-state index contributed by atoms with van der Waals surface area (Å²) in [6.07, 6.45) is 2.92. The number of rotatable bonds is 7. The Balaban J connectivity index is 1.69. The molecule has 1 aliphatic rings. The van der Waals surface area contributed by atoms with Gasteiger partial charge in [-0.15, -0.1) is 11.3 Å². The van der Waals surface area contributed by atoms with E-state index in [0.29, 0.717) is 11.6 Å². The zero-order valence-electron chi connectivity index (χ0n) is 17.2. The summed E-state index contributed by atoms with van der Waals surface area (Å²) in [5.74, 6) is 0.602. The van der Waals surface area contributed by atoms with E-state index in [-0.39, 0.29) is 11.5 Å². The van der Waals surface area contributed by atoms with Gasteiger partial charge in [0.15, 0.2) is 5.16 Å². The summed E-state index contributed by atoms with van der Waals surface area (Å²) >= 11 is 3.22. The number of thioether (sulfide) groups is 1. The first-order chi connectivity index (χ1) is 14.6. The number of fused-ring (bicyclic) bond motifs is 3. The third kappa shape index (κ3) is 4.31. The summed E-state index contributed by atoms with van der Waals surface area (Å²) < 4.78 is 6.45. The standard InChI is InChI=1S/C22H25N3O3S2/c1-24-12-11-16-17(14-24)30-20-19(16)21(27)25(15-8-4-3-5-9-15)22(23-20)29-13-7-6-10-18(26)28-2/h3-5,8-9H,6-7,10-14H2,1-2H3. The van der Waals surface area contributed by atoms with Gasteiger partial charge in [-0.05, 0) is 44.0 Å². The number of hydrogen-bond acceptors (Lipinski definition) is 7. The minimum Gasteiger partial charge on any atom is -0.469 e. The number of esters is 1. The van der Waals surface area contributed by atoms with Crippen molar-refractivity contribution in [2.45, 2.75) is 37.4 Å². The van der Waals surface area contributed by atoms with Crippen LogP contribution in [-0.4, -0.2) is 46.9 Å². The topological polar surface area (TPSA) is 64.4 Å². The van der Waals surface area contributed by atoms with E-state index in [2.05, 4.69) is 11.9 Å². The van der Waals surface area contributed by atoms with Gasteiger partial charge in [0.25, 0.3) is 5.56 Å². The molecule has 6 nitrogen and oxygen atoms in total. The molecule has 3 aromatic rings. The largest absolute Gasteiger partial charge is 0.469 e. The van der Waals surface area contributed by atoms with E-state index < -0.39 is 0 Å². The summed E-state index contributed by atoms with van der Waals surface area (Å²) in [4.78, 5) is 34.2. The van der Waals surface area contributed by atoms with Crippen molar-refractivity contribution < 1.29 is 9.53 Å². The Labute approximate surface area is 183 Å². The molecule has 8 heteroatoms. The third-order valence-electron chi connectivity index (χ3n) is 5.28. The SMILES string of the molecule is COC(=O)CCCCSc1nc2sc3c(c2c(=O)n1-c1ccccc1)CCN(C)C3. The highest BCUT2D eigenvalue weighted by molar-refractivity contribution is 7.99. The average Bonchev–Trinajstić information content (AvgIpc) is 3.11. The van der Waals surface area contributed by atoms with Gasteiger partial charge >= 0.3 is 5.97 Å². The lowest BCUT2D eigenvalue weighted by Gasteiger charge is -2.21. The van der Waals surface area contributed by atoms with Crippen LogP contribution >= 0.6 is 23.1 Å². The number of nitrogens with zero attached hydrogens (tertiary/aromatic N) is 3. The molecule has 0 bridgehead atoms. The van der Waals surface area contributed by atoms with Crippen molar-refractivity contribution in [3.63, 3.8) is 0 Å². The number of benzene rings is 1. The first-order valence-corrected chi connectivity index (χ1v) is 11.9. The Bertz CT molecular complexity index is 1110. The highest BCUT2D eigenvalue weighted by Crippen LogP contribution is 2.34. The molecule has 0 saturated heterocycles. The maximum atomic E-state index is 13.6. The van der Waals surface area contributed by atoms with Crippen molar-refractivity contribution in [1.29, 1.82) is 0 Å². The minimum atomic E-state index is -0.185. The minimum absolute atomic E-state index is 0.0188. The normalized spacial score (nSPS) is 14.1. The molecule has 0 amide bonds.